The van der Waals surface area contributed by atoms with E-state index in [-0.39, 0.29) is 6.03 Å². The number of urea groups is 1. The lowest BCUT2D eigenvalue weighted by molar-refractivity contribution is -0.0186. The Hall–Kier alpha value is -1.59. The maximum Gasteiger partial charge on any atom is 0.317 e. The fourth-order valence-corrected chi connectivity index (χ4v) is 5.16. The standard InChI is InChI=1S/C25H39N3O2/c29-25(26-23-9-5-2-6-10-23)28-17-11-22(12-18-28)20-30-24-13-15-27(16-14-24)19-21-7-3-1-4-8-21/h1,3-4,7-8,22-24H,2,5-6,9-20H2,(H,26,29). The molecule has 5 heteroatoms. The monoisotopic (exact) mass is 413 g/mol. The van der Waals surface area contributed by atoms with Gasteiger partial charge >= 0.3 is 6.03 Å². The van der Waals surface area contributed by atoms with E-state index in [0.29, 0.717) is 18.1 Å². The number of carbonyl (C=O) groups is 1. The van der Waals surface area contributed by atoms with Gasteiger partial charge in [-0.25, -0.2) is 4.79 Å². The first-order valence-corrected chi connectivity index (χ1v) is 12.2. The summed E-state index contributed by atoms with van der Waals surface area (Å²) in [5.74, 6) is 0.603. The number of carbonyl (C=O) groups excluding carboxylic acids is 1. The zero-order valence-corrected chi connectivity index (χ0v) is 18.4. The topological polar surface area (TPSA) is 44.8 Å². The molecular formula is C25H39N3O2. The molecule has 1 aliphatic carbocycles. The van der Waals surface area contributed by atoms with Crippen LogP contribution in [0.5, 0.6) is 0 Å². The van der Waals surface area contributed by atoms with Crippen molar-refractivity contribution in [3.8, 4) is 0 Å². The molecule has 2 heterocycles. The third kappa shape index (κ3) is 6.45. The second kappa shape index (κ2) is 11.1. The van der Waals surface area contributed by atoms with Crippen LogP contribution in [0.3, 0.4) is 0 Å². The molecule has 1 aromatic rings. The van der Waals surface area contributed by atoms with Crippen molar-refractivity contribution < 1.29 is 9.53 Å². The average molecular weight is 414 g/mol. The normalized spacial score (nSPS) is 22.9. The number of nitrogens with one attached hydrogen (secondary N) is 1. The molecule has 1 aromatic carbocycles. The van der Waals surface area contributed by atoms with Crippen LogP contribution in [0.15, 0.2) is 30.3 Å². The molecule has 0 spiro atoms. The molecule has 1 saturated carbocycles. The molecule has 3 fully saturated rings. The van der Waals surface area contributed by atoms with Crippen molar-refractivity contribution in [2.24, 2.45) is 5.92 Å². The Labute approximate surface area is 182 Å². The first kappa shape index (κ1) is 21.6. The van der Waals surface area contributed by atoms with Crippen LogP contribution < -0.4 is 5.32 Å². The summed E-state index contributed by atoms with van der Waals surface area (Å²) in [6.07, 6.45) is 11.0. The van der Waals surface area contributed by atoms with E-state index < -0.39 is 0 Å². The zero-order chi connectivity index (χ0) is 20.6. The maximum atomic E-state index is 12.5. The van der Waals surface area contributed by atoms with E-state index >= 15 is 0 Å². The Morgan fingerprint density at radius 3 is 2.30 bits per heavy atom. The van der Waals surface area contributed by atoms with Crippen LogP contribution in [0.25, 0.3) is 0 Å². The molecule has 0 bridgehead atoms. The van der Waals surface area contributed by atoms with Crippen LogP contribution in [-0.4, -0.2) is 60.8 Å². The van der Waals surface area contributed by atoms with Gasteiger partial charge < -0.3 is 15.0 Å². The highest BCUT2D eigenvalue weighted by molar-refractivity contribution is 5.74. The minimum atomic E-state index is 0.159. The SMILES string of the molecule is O=C(NC1CCCCC1)N1CCC(COC2CCN(Cc3ccccc3)CC2)CC1. The Balaban J connectivity index is 1.09. The summed E-state index contributed by atoms with van der Waals surface area (Å²) in [7, 11) is 0. The number of hydrogen-bond acceptors (Lipinski definition) is 3. The molecule has 166 valence electrons. The number of amides is 2. The van der Waals surface area contributed by atoms with Crippen molar-refractivity contribution >= 4 is 6.03 Å². The van der Waals surface area contributed by atoms with E-state index in [9.17, 15) is 4.79 Å². The molecule has 0 radical (unpaired) electrons. The summed E-state index contributed by atoms with van der Waals surface area (Å²) in [6.45, 7) is 5.92. The number of benzene rings is 1. The molecule has 0 unspecified atom stereocenters. The van der Waals surface area contributed by atoms with E-state index in [1.165, 1.54) is 24.8 Å². The van der Waals surface area contributed by atoms with Gasteiger partial charge in [0, 0.05) is 45.4 Å². The molecule has 4 rings (SSSR count). The minimum Gasteiger partial charge on any atom is -0.378 e. The fourth-order valence-electron chi connectivity index (χ4n) is 5.16. The lowest BCUT2D eigenvalue weighted by atomic mass is 9.95. The van der Waals surface area contributed by atoms with Gasteiger partial charge in [-0.2, -0.15) is 0 Å². The van der Waals surface area contributed by atoms with E-state index in [2.05, 4.69) is 40.5 Å². The van der Waals surface area contributed by atoms with E-state index in [0.717, 1.165) is 77.9 Å². The summed E-state index contributed by atoms with van der Waals surface area (Å²) >= 11 is 0. The highest BCUT2D eigenvalue weighted by Gasteiger charge is 2.26. The highest BCUT2D eigenvalue weighted by atomic mass is 16.5. The van der Waals surface area contributed by atoms with Crippen molar-refractivity contribution in [3.63, 3.8) is 0 Å². The van der Waals surface area contributed by atoms with Gasteiger partial charge in [-0.15, -0.1) is 0 Å². The molecule has 1 N–H and O–H groups in total. The van der Waals surface area contributed by atoms with Gasteiger partial charge in [-0.05, 0) is 50.0 Å². The lowest BCUT2D eigenvalue weighted by Crippen LogP contribution is -2.48. The molecule has 3 aliphatic rings. The smallest absolute Gasteiger partial charge is 0.317 e. The highest BCUT2D eigenvalue weighted by Crippen LogP contribution is 2.22. The Morgan fingerprint density at radius 1 is 0.900 bits per heavy atom. The number of likely N-dealkylation sites (tertiary alicyclic amines) is 2. The van der Waals surface area contributed by atoms with Gasteiger partial charge in [0.15, 0.2) is 0 Å². The Morgan fingerprint density at radius 2 is 1.60 bits per heavy atom. The summed E-state index contributed by atoms with van der Waals surface area (Å²) in [6, 6.07) is 11.3. The van der Waals surface area contributed by atoms with Crippen LogP contribution in [0, 0.1) is 5.92 Å². The van der Waals surface area contributed by atoms with E-state index in [4.69, 9.17) is 4.74 Å². The molecule has 0 atom stereocenters. The fraction of sp³-hybridized carbons (Fsp3) is 0.720. The third-order valence-corrected chi connectivity index (χ3v) is 7.19. The van der Waals surface area contributed by atoms with Gasteiger partial charge in [0.2, 0.25) is 0 Å². The number of hydrogen-bond donors (Lipinski definition) is 1. The lowest BCUT2D eigenvalue weighted by Gasteiger charge is -2.35. The van der Waals surface area contributed by atoms with E-state index in [1.54, 1.807) is 0 Å². The van der Waals surface area contributed by atoms with E-state index in [1.807, 2.05) is 4.90 Å². The van der Waals surface area contributed by atoms with Gasteiger partial charge in [0.25, 0.3) is 0 Å². The number of rotatable bonds is 6. The summed E-state index contributed by atoms with van der Waals surface area (Å²) in [4.78, 5) is 17.1. The van der Waals surface area contributed by atoms with Crippen LogP contribution in [0.2, 0.25) is 0 Å². The number of nitrogens with zero attached hydrogens (tertiary/aromatic N) is 2. The van der Waals surface area contributed by atoms with Crippen molar-refractivity contribution in [3.05, 3.63) is 35.9 Å². The molecule has 30 heavy (non-hydrogen) atoms. The summed E-state index contributed by atoms with van der Waals surface area (Å²) in [5.41, 5.74) is 1.40. The number of piperidine rings is 2. The quantitative estimate of drug-likeness (QED) is 0.751. The van der Waals surface area contributed by atoms with Gasteiger partial charge in [0.05, 0.1) is 6.10 Å². The minimum absolute atomic E-state index is 0.159. The van der Waals surface area contributed by atoms with Crippen LogP contribution in [0.4, 0.5) is 4.79 Å². The molecule has 2 aliphatic heterocycles. The second-order valence-electron chi connectivity index (χ2n) is 9.51. The molecular weight excluding hydrogens is 374 g/mol. The maximum absolute atomic E-state index is 12.5. The van der Waals surface area contributed by atoms with Crippen LogP contribution in [0.1, 0.15) is 63.4 Å². The Bertz CT molecular complexity index is 631. The van der Waals surface area contributed by atoms with Crippen molar-refractivity contribution in [2.75, 3.05) is 32.8 Å². The largest absolute Gasteiger partial charge is 0.378 e. The molecule has 0 aromatic heterocycles. The van der Waals surface area contributed by atoms with Crippen molar-refractivity contribution in [1.29, 1.82) is 0 Å². The molecule has 2 saturated heterocycles. The Kier molecular flexibility index (Phi) is 8.04. The number of ether oxygens (including phenoxy) is 1. The van der Waals surface area contributed by atoms with Crippen molar-refractivity contribution in [1.82, 2.24) is 15.1 Å². The first-order chi connectivity index (χ1) is 14.8. The summed E-state index contributed by atoms with van der Waals surface area (Å²) in [5, 5.41) is 3.26. The third-order valence-electron chi connectivity index (χ3n) is 7.19. The van der Waals surface area contributed by atoms with Gasteiger partial charge in [0.1, 0.15) is 0 Å². The van der Waals surface area contributed by atoms with Crippen LogP contribution in [-0.2, 0) is 11.3 Å². The predicted molar refractivity (Wildman–Crippen MR) is 120 cm³/mol. The van der Waals surface area contributed by atoms with Crippen LogP contribution >= 0.6 is 0 Å². The van der Waals surface area contributed by atoms with Gasteiger partial charge in [-0.3, -0.25) is 4.90 Å². The molecule has 5 nitrogen and oxygen atoms in total. The second-order valence-corrected chi connectivity index (χ2v) is 9.51. The first-order valence-electron chi connectivity index (χ1n) is 12.2. The zero-order valence-electron chi connectivity index (χ0n) is 18.4. The molecule has 2 amide bonds. The predicted octanol–water partition coefficient (Wildman–Crippen LogP) is 4.42. The summed E-state index contributed by atoms with van der Waals surface area (Å²) < 4.78 is 6.29. The van der Waals surface area contributed by atoms with Gasteiger partial charge in [-0.1, -0.05) is 49.6 Å². The van der Waals surface area contributed by atoms with Crippen molar-refractivity contribution in [2.45, 2.75) is 76.5 Å². The average Bonchev–Trinajstić information content (AvgIpc) is 2.80.